The summed E-state index contributed by atoms with van der Waals surface area (Å²) in [5.41, 5.74) is 2.99. The van der Waals surface area contributed by atoms with Gasteiger partial charge in [0.15, 0.2) is 0 Å². The fourth-order valence-electron chi connectivity index (χ4n) is 4.88. The second kappa shape index (κ2) is 12.0. The third kappa shape index (κ3) is 6.52. The van der Waals surface area contributed by atoms with Gasteiger partial charge in [-0.3, -0.25) is 9.59 Å². The molecule has 0 bridgehead atoms. The SMILES string of the molecule is CC(C(=O)NC1CCCC1)N(Cc1ccccc1Cl)C(=O)CC(c1ccccc1)c1ccccc1. The number of nitrogens with one attached hydrogen (secondary N) is 1. The van der Waals surface area contributed by atoms with E-state index in [1.807, 2.05) is 67.6 Å². The summed E-state index contributed by atoms with van der Waals surface area (Å²) in [7, 11) is 0. The van der Waals surface area contributed by atoms with Crippen LogP contribution in [0.3, 0.4) is 0 Å². The Kier molecular flexibility index (Phi) is 8.59. The van der Waals surface area contributed by atoms with E-state index in [0.717, 1.165) is 42.4 Å². The van der Waals surface area contributed by atoms with E-state index in [2.05, 4.69) is 29.6 Å². The highest BCUT2D eigenvalue weighted by molar-refractivity contribution is 6.31. The van der Waals surface area contributed by atoms with E-state index in [1.165, 1.54) is 0 Å². The first-order valence-corrected chi connectivity index (χ1v) is 12.8. The summed E-state index contributed by atoms with van der Waals surface area (Å²) in [4.78, 5) is 28.8. The minimum absolute atomic E-state index is 0.0725. The van der Waals surface area contributed by atoms with Crippen LogP contribution in [0.1, 0.15) is 61.6 Å². The molecule has 1 saturated carbocycles. The van der Waals surface area contributed by atoms with Crippen molar-refractivity contribution in [3.05, 3.63) is 107 Å². The van der Waals surface area contributed by atoms with Crippen molar-refractivity contribution in [1.82, 2.24) is 10.2 Å². The van der Waals surface area contributed by atoms with Crippen molar-refractivity contribution in [3.8, 4) is 0 Å². The Labute approximate surface area is 213 Å². The Hall–Kier alpha value is -3.11. The highest BCUT2D eigenvalue weighted by atomic mass is 35.5. The van der Waals surface area contributed by atoms with Crippen molar-refractivity contribution in [2.75, 3.05) is 0 Å². The first-order chi connectivity index (χ1) is 17.0. The van der Waals surface area contributed by atoms with Crippen LogP contribution in [0.2, 0.25) is 5.02 Å². The van der Waals surface area contributed by atoms with Crippen LogP contribution in [0.4, 0.5) is 0 Å². The minimum Gasteiger partial charge on any atom is -0.352 e. The molecule has 182 valence electrons. The zero-order valence-corrected chi connectivity index (χ0v) is 21.0. The molecule has 5 heteroatoms. The third-order valence-electron chi connectivity index (χ3n) is 6.95. The summed E-state index contributed by atoms with van der Waals surface area (Å²) >= 11 is 6.45. The second-order valence-electron chi connectivity index (χ2n) is 9.36. The van der Waals surface area contributed by atoms with E-state index in [0.29, 0.717) is 5.02 Å². The maximum absolute atomic E-state index is 13.9. The van der Waals surface area contributed by atoms with E-state index in [-0.39, 0.29) is 36.7 Å². The molecule has 1 aliphatic carbocycles. The highest BCUT2D eigenvalue weighted by Crippen LogP contribution is 2.30. The number of amides is 2. The number of benzene rings is 3. The molecule has 0 radical (unpaired) electrons. The summed E-state index contributed by atoms with van der Waals surface area (Å²) in [5, 5.41) is 3.76. The van der Waals surface area contributed by atoms with Crippen LogP contribution in [0.5, 0.6) is 0 Å². The molecular formula is C30H33ClN2O2. The molecular weight excluding hydrogens is 456 g/mol. The number of hydrogen-bond acceptors (Lipinski definition) is 2. The number of nitrogens with zero attached hydrogens (tertiary/aromatic N) is 1. The molecule has 35 heavy (non-hydrogen) atoms. The molecule has 1 fully saturated rings. The molecule has 1 aliphatic rings. The van der Waals surface area contributed by atoms with Gasteiger partial charge in [-0.05, 0) is 42.5 Å². The predicted octanol–water partition coefficient (Wildman–Crippen LogP) is 6.34. The molecule has 1 atom stereocenters. The van der Waals surface area contributed by atoms with Gasteiger partial charge in [0.05, 0.1) is 0 Å². The van der Waals surface area contributed by atoms with Crippen LogP contribution in [-0.2, 0) is 16.1 Å². The largest absolute Gasteiger partial charge is 0.352 e. The molecule has 0 spiro atoms. The Morgan fingerprint density at radius 3 is 2.00 bits per heavy atom. The lowest BCUT2D eigenvalue weighted by atomic mass is 9.88. The average molecular weight is 489 g/mol. The van der Waals surface area contributed by atoms with Gasteiger partial charge < -0.3 is 10.2 Å². The van der Waals surface area contributed by atoms with Crippen LogP contribution in [0.15, 0.2) is 84.9 Å². The number of carbonyl (C=O) groups excluding carboxylic acids is 2. The molecule has 4 nitrogen and oxygen atoms in total. The zero-order chi connectivity index (χ0) is 24.6. The lowest BCUT2D eigenvalue weighted by Gasteiger charge is -2.31. The van der Waals surface area contributed by atoms with E-state index >= 15 is 0 Å². The molecule has 1 N–H and O–H groups in total. The topological polar surface area (TPSA) is 49.4 Å². The summed E-state index contributed by atoms with van der Waals surface area (Å²) in [5.74, 6) is -0.284. The average Bonchev–Trinajstić information content (AvgIpc) is 3.40. The summed E-state index contributed by atoms with van der Waals surface area (Å²) in [6, 6.07) is 27.3. The van der Waals surface area contributed by atoms with Crippen LogP contribution < -0.4 is 5.32 Å². The van der Waals surface area contributed by atoms with Gasteiger partial charge >= 0.3 is 0 Å². The molecule has 0 heterocycles. The van der Waals surface area contributed by atoms with Crippen molar-refractivity contribution < 1.29 is 9.59 Å². The second-order valence-corrected chi connectivity index (χ2v) is 9.76. The fourth-order valence-corrected chi connectivity index (χ4v) is 5.07. The van der Waals surface area contributed by atoms with E-state index in [4.69, 9.17) is 11.6 Å². The predicted molar refractivity (Wildman–Crippen MR) is 141 cm³/mol. The molecule has 1 unspecified atom stereocenters. The standard InChI is InChI=1S/C30H33ClN2O2/c1-22(30(35)32-26-17-9-10-18-26)33(21-25-16-8-11-19-28(25)31)29(34)20-27(23-12-4-2-5-13-23)24-14-6-3-7-15-24/h2-8,11-16,19,22,26-27H,9-10,17-18,20-21H2,1H3,(H,32,35). The first-order valence-electron chi connectivity index (χ1n) is 12.5. The van der Waals surface area contributed by atoms with Crippen molar-refractivity contribution in [2.45, 2.75) is 63.6 Å². The summed E-state index contributed by atoms with van der Waals surface area (Å²) < 4.78 is 0. The summed E-state index contributed by atoms with van der Waals surface area (Å²) in [6.45, 7) is 2.10. The molecule has 3 aromatic rings. The molecule has 0 saturated heterocycles. The minimum atomic E-state index is -0.605. The fraction of sp³-hybridized carbons (Fsp3) is 0.333. The monoisotopic (exact) mass is 488 g/mol. The first kappa shape index (κ1) is 25.0. The number of halogens is 1. The number of rotatable bonds is 9. The zero-order valence-electron chi connectivity index (χ0n) is 20.2. The smallest absolute Gasteiger partial charge is 0.242 e. The van der Waals surface area contributed by atoms with Gasteiger partial charge in [0.1, 0.15) is 6.04 Å². The molecule has 3 aromatic carbocycles. The van der Waals surface area contributed by atoms with Crippen molar-refractivity contribution in [2.24, 2.45) is 0 Å². The normalized spacial score (nSPS) is 14.6. The molecule has 2 amide bonds. The van der Waals surface area contributed by atoms with Gasteiger partial charge in [-0.1, -0.05) is 103 Å². The van der Waals surface area contributed by atoms with Gasteiger partial charge in [-0.2, -0.15) is 0 Å². The van der Waals surface area contributed by atoms with E-state index in [9.17, 15) is 9.59 Å². The lowest BCUT2D eigenvalue weighted by Crippen LogP contribution is -2.49. The quantitative estimate of drug-likeness (QED) is 0.382. The third-order valence-corrected chi connectivity index (χ3v) is 7.32. The van der Waals surface area contributed by atoms with Crippen molar-refractivity contribution >= 4 is 23.4 Å². The summed E-state index contributed by atoms with van der Waals surface area (Å²) in [6.07, 6.45) is 4.54. The number of carbonyl (C=O) groups is 2. The van der Waals surface area contributed by atoms with Gasteiger partial charge in [-0.15, -0.1) is 0 Å². The van der Waals surface area contributed by atoms with Crippen LogP contribution in [0, 0.1) is 0 Å². The van der Waals surface area contributed by atoms with Crippen LogP contribution in [0.25, 0.3) is 0 Å². The van der Waals surface area contributed by atoms with E-state index < -0.39 is 6.04 Å². The van der Waals surface area contributed by atoms with Crippen LogP contribution in [-0.4, -0.2) is 28.8 Å². The number of hydrogen-bond donors (Lipinski definition) is 1. The van der Waals surface area contributed by atoms with Gasteiger partial charge in [-0.25, -0.2) is 0 Å². The van der Waals surface area contributed by atoms with Crippen LogP contribution >= 0.6 is 11.6 Å². The lowest BCUT2D eigenvalue weighted by molar-refractivity contribution is -0.141. The van der Waals surface area contributed by atoms with Gasteiger partial charge in [0.25, 0.3) is 0 Å². The van der Waals surface area contributed by atoms with E-state index in [1.54, 1.807) is 4.90 Å². The Balaban J connectivity index is 1.61. The van der Waals surface area contributed by atoms with Crippen molar-refractivity contribution in [3.63, 3.8) is 0 Å². The van der Waals surface area contributed by atoms with Gasteiger partial charge in [0.2, 0.25) is 11.8 Å². The molecule has 4 rings (SSSR count). The molecule has 0 aliphatic heterocycles. The molecule has 0 aromatic heterocycles. The Morgan fingerprint density at radius 2 is 1.43 bits per heavy atom. The Morgan fingerprint density at radius 1 is 0.886 bits per heavy atom. The van der Waals surface area contributed by atoms with Crippen molar-refractivity contribution in [1.29, 1.82) is 0 Å². The Bertz CT molecular complexity index is 1070. The maximum Gasteiger partial charge on any atom is 0.242 e. The highest BCUT2D eigenvalue weighted by Gasteiger charge is 2.30. The van der Waals surface area contributed by atoms with Gasteiger partial charge in [0, 0.05) is 29.9 Å². The maximum atomic E-state index is 13.9.